The molecule has 0 aliphatic carbocycles. The molecule has 0 aromatic heterocycles. The molecule has 4 heteroatoms. The van der Waals surface area contributed by atoms with E-state index in [0.29, 0.717) is 24.4 Å². The summed E-state index contributed by atoms with van der Waals surface area (Å²) in [7, 11) is 2.06. The van der Waals surface area contributed by atoms with Crippen LogP contribution in [0.4, 0.5) is 0 Å². The summed E-state index contributed by atoms with van der Waals surface area (Å²) >= 11 is 0. The zero-order chi connectivity index (χ0) is 15.1. The Bertz CT molecular complexity index is 275. The quantitative estimate of drug-likeness (QED) is 0.738. The van der Waals surface area contributed by atoms with Gasteiger partial charge in [0, 0.05) is 25.7 Å². The van der Waals surface area contributed by atoms with Gasteiger partial charge in [-0.1, -0.05) is 27.7 Å². The normalized spacial score (nSPS) is 19.3. The molecule has 4 nitrogen and oxygen atoms in total. The molecule has 1 atom stereocenters. The highest BCUT2D eigenvalue weighted by atomic mass is 16.2. The van der Waals surface area contributed by atoms with Crippen molar-refractivity contribution in [2.75, 3.05) is 39.8 Å². The number of likely N-dealkylation sites (N-methyl/N-ethyl adjacent to an activating group) is 1. The molecule has 0 saturated carbocycles. The Morgan fingerprint density at radius 2 is 1.80 bits per heavy atom. The fraction of sp³-hybridized carbons (Fsp3) is 0.938. The van der Waals surface area contributed by atoms with E-state index in [4.69, 9.17) is 0 Å². The van der Waals surface area contributed by atoms with Crippen molar-refractivity contribution < 1.29 is 4.79 Å². The van der Waals surface area contributed by atoms with Crippen LogP contribution in [0.5, 0.6) is 0 Å². The third-order valence-corrected chi connectivity index (χ3v) is 3.62. The molecule has 1 unspecified atom stereocenters. The monoisotopic (exact) mass is 283 g/mol. The standard InChI is InChI=1S/C16H33N3O/c1-13(2)9-19(10-14(3)4)16(20)12-18(5)11-15-7-6-8-17-15/h13-15,17H,6-12H2,1-5H3. The van der Waals surface area contributed by atoms with E-state index in [1.165, 1.54) is 12.8 Å². The number of carbonyl (C=O) groups is 1. The van der Waals surface area contributed by atoms with Crippen molar-refractivity contribution >= 4 is 5.91 Å². The van der Waals surface area contributed by atoms with Crippen LogP contribution in [0, 0.1) is 11.8 Å². The summed E-state index contributed by atoms with van der Waals surface area (Å²) in [5.41, 5.74) is 0. The van der Waals surface area contributed by atoms with Gasteiger partial charge in [-0.3, -0.25) is 9.69 Å². The van der Waals surface area contributed by atoms with Gasteiger partial charge in [-0.15, -0.1) is 0 Å². The molecule has 0 radical (unpaired) electrons. The van der Waals surface area contributed by atoms with Crippen LogP contribution in [-0.4, -0.2) is 61.5 Å². The molecule has 1 fully saturated rings. The van der Waals surface area contributed by atoms with Crippen molar-refractivity contribution in [3.63, 3.8) is 0 Å². The molecule has 1 heterocycles. The minimum Gasteiger partial charge on any atom is -0.341 e. The fourth-order valence-corrected chi connectivity index (χ4v) is 2.84. The highest BCUT2D eigenvalue weighted by molar-refractivity contribution is 5.78. The summed E-state index contributed by atoms with van der Waals surface area (Å²) in [6.07, 6.45) is 2.50. The lowest BCUT2D eigenvalue weighted by Gasteiger charge is -2.29. The van der Waals surface area contributed by atoms with Crippen LogP contribution in [0.3, 0.4) is 0 Å². The molecule has 1 aliphatic rings. The largest absolute Gasteiger partial charge is 0.341 e. The second kappa shape index (κ2) is 8.63. The summed E-state index contributed by atoms with van der Waals surface area (Å²) in [4.78, 5) is 16.7. The molecule has 0 aromatic carbocycles. The summed E-state index contributed by atoms with van der Waals surface area (Å²) in [6, 6.07) is 0.566. The van der Waals surface area contributed by atoms with E-state index in [9.17, 15) is 4.79 Å². The zero-order valence-electron chi connectivity index (χ0n) is 14.0. The Morgan fingerprint density at radius 1 is 1.20 bits per heavy atom. The Morgan fingerprint density at radius 3 is 2.25 bits per heavy atom. The zero-order valence-corrected chi connectivity index (χ0v) is 14.0. The fourth-order valence-electron chi connectivity index (χ4n) is 2.84. The van der Waals surface area contributed by atoms with Gasteiger partial charge in [-0.05, 0) is 38.3 Å². The molecule has 1 aliphatic heterocycles. The lowest BCUT2D eigenvalue weighted by atomic mass is 10.1. The van der Waals surface area contributed by atoms with Crippen molar-refractivity contribution in [1.82, 2.24) is 15.1 Å². The minimum absolute atomic E-state index is 0.271. The molecule has 1 rings (SSSR count). The van der Waals surface area contributed by atoms with Crippen LogP contribution in [0.15, 0.2) is 0 Å². The maximum Gasteiger partial charge on any atom is 0.236 e. The van der Waals surface area contributed by atoms with Crippen molar-refractivity contribution in [3.8, 4) is 0 Å². The number of amides is 1. The van der Waals surface area contributed by atoms with Gasteiger partial charge in [-0.25, -0.2) is 0 Å². The molecule has 1 N–H and O–H groups in total. The van der Waals surface area contributed by atoms with Crippen LogP contribution in [0.25, 0.3) is 0 Å². The summed E-state index contributed by atoms with van der Waals surface area (Å²) < 4.78 is 0. The number of nitrogens with one attached hydrogen (secondary N) is 1. The Kier molecular flexibility index (Phi) is 7.52. The Labute approximate surface area is 124 Å². The van der Waals surface area contributed by atoms with Crippen LogP contribution in [0.1, 0.15) is 40.5 Å². The Balaban J connectivity index is 2.42. The molecular weight excluding hydrogens is 250 g/mol. The van der Waals surface area contributed by atoms with E-state index in [-0.39, 0.29) is 5.91 Å². The second-order valence-corrected chi connectivity index (χ2v) is 7.08. The van der Waals surface area contributed by atoms with Crippen LogP contribution >= 0.6 is 0 Å². The van der Waals surface area contributed by atoms with Gasteiger partial charge >= 0.3 is 0 Å². The van der Waals surface area contributed by atoms with E-state index in [1.54, 1.807) is 0 Å². The number of hydrogen-bond acceptors (Lipinski definition) is 3. The first-order valence-electron chi connectivity index (χ1n) is 8.08. The van der Waals surface area contributed by atoms with Gasteiger partial charge in [0.25, 0.3) is 0 Å². The number of rotatable bonds is 8. The lowest BCUT2D eigenvalue weighted by Crippen LogP contribution is -2.45. The predicted molar refractivity (Wildman–Crippen MR) is 84.8 cm³/mol. The van der Waals surface area contributed by atoms with Gasteiger partial charge in [0.1, 0.15) is 0 Å². The van der Waals surface area contributed by atoms with Crippen molar-refractivity contribution in [1.29, 1.82) is 0 Å². The third kappa shape index (κ3) is 6.71. The molecule has 20 heavy (non-hydrogen) atoms. The molecule has 1 amide bonds. The predicted octanol–water partition coefficient (Wildman–Crippen LogP) is 1.81. The molecule has 0 spiro atoms. The highest BCUT2D eigenvalue weighted by Crippen LogP contribution is 2.08. The van der Waals surface area contributed by atoms with Crippen molar-refractivity contribution in [2.45, 2.75) is 46.6 Å². The van der Waals surface area contributed by atoms with Gasteiger partial charge in [0.15, 0.2) is 0 Å². The maximum atomic E-state index is 12.5. The van der Waals surface area contributed by atoms with Crippen LogP contribution < -0.4 is 5.32 Å². The first-order valence-corrected chi connectivity index (χ1v) is 8.08. The van der Waals surface area contributed by atoms with Gasteiger partial charge in [0.2, 0.25) is 5.91 Å². The van der Waals surface area contributed by atoms with Gasteiger partial charge < -0.3 is 10.2 Å². The van der Waals surface area contributed by atoms with E-state index in [0.717, 1.165) is 26.2 Å². The van der Waals surface area contributed by atoms with Crippen LogP contribution in [-0.2, 0) is 4.79 Å². The molecule has 1 saturated heterocycles. The first-order chi connectivity index (χ1) is 9.38. The maximum absolute atomic E-state index is 12.5. The summed E-state index contributed by atoms with van der Waals surface area (Å²) in [5.74, 6) is 1.33. The van der Waals surface area contributed by atoms with E-state index in [1.807, 2.05) is 4.90 Å². The topological polar surface area (TPSA) is 35.6 Å². The van der Waals surface area contributed by atoms with Gasteiger partial charge in [-0.2, -0.15) is 0 Å². The average molecular weight is 283 g/mol. The Hall–Kier alpha value is -0.610. The average Bonchev–Trinajstić information content (AvgIpc) is 2.79. The number of carbonyl (C=O) groups excluding carboxylic acids is 1. The third-order valence-electron chi connectivity index (χ3n) is 3.62. The number of nitrogens with zero attached hydrogens (tertiary/aromatic N) is 2. The summed E-state index contributed by atoms with van der Waals surface area (Å²) in [5, 5.41) is 3.49. The van der Waals surface area contributed by atoms with Crippen molar-refractivity contribution in [2.24, 2.45) is 11.8 Å². The molecule has 0 bridgehead atoms. The van der Waals surface area contributed by atoms with E-state index >= 15 is 0 Å². The lowest BCUT2D eigenvalue weighted by molar-refractivity contribution is -0.133. The highest BCUT2D eigenvalue weighted by Gasteiger charge is 2.20. The smallest absolute Gasteiger partial charge is 0.236 e. The molecule has 0 aromatic rings. The van der Waals surface area contributed by atoms with Gasteiger partial charge in [0.05, 0.1) is 6.54 Å². The number of hydrogen-bond donors (Lipinski definition) is 1. The SMILES string of the molecule is CC(C)CN(CC(C)C)C(=O)CN(C)CC1CCCN1. The minimum atomic E-state index is 0.271. The second-order valence-electron chi connectivity index (χ2n) is 7.08. The van der Waals surface area contributed by atoms with E-state index in [2.05, 4.69) is 45.0 Å². The van der Waals surface area contributed by atoms with Crippen LogP contribution in [0.2, 0.25) is 0 Å². The first kappa shape index (κ1) is 17.4. The molecule has 118 valence electrons. The van der Waals surface area contributed by atoms with Crippen molar-refractivity contribution in [3.05, 3.63) is 0 Å². The van der Waals surface area contributed by atoms with E-state index < -0.39 is 0 Å². The molecular formula is C16H33N3O. The summed E-state index contributed by atoms with van der Waals surface area (Å²) in [6.45, 7) is 13.1.